The SMILES string of the molecule is Cl.NCc1cc(-c2ccc(F)cc2)nc(N2CCCC2)n1. The lowest BCUT2D eigenvalue weighted by molar-refractivity contribution is 0.628. The van der Waals surface area contributed by atoms with E-state index >= 15 is 0 Å². The largest absolute Gasteiger partial charge is 0.341 e. The zero-order chi connectivity index (χ0) is 13.9. The third-order valence-corrected chi connectivity index (χ3v) is 3.51. The lowest BCUT2D eigenvalue weighted by Crippen LogP contribution is -2.21. The number of hydrogen-bond donors (Lipinski definition) is 1. The van der Waals surface area contributed by atoms with E-state index in [1.807, 2.05) is 6.07 Å². The fourth-order valence-electron chi connectivity index (χ4n) is 2.42. The van der Waals surface area contributed by atoms with Crippen molar-refractivity contribution >= 4 is 18.4 Å². The van der Waals surface area contributed by atoms with Crippen molar-refractivity contribution in [2.75, 3.05) is 18.0 Å². The van der Waals surface area contributed by atoms with Crippen molar-refractivity contribution in [2.24, 2.45) is 5.73 Å². The highest BCUT2D eigenvalue weighted by molar-refractivity contribution is 5.85. The maximum absolute atomic E-state index is 13.0. The number of hydrogen-bond acceptors (Lipinski definition) is 4. The Hall–Kier alpha value is -1.72. The maximum Gasteiger partial charge on any atom is 0.226 e. The lowest BCUT2D eigenvalue weighted by atomic mass is 10.1. The van der Waals surface area contributed by atoms with Crippen molar-refractivity contribution < 1.29 is 4.39 Å². The minimum atomic E-state index is -0.248. The first kappa shape index (κ1) is 15.7. The molecule has 6 heteroatoms. The summed E-state index contributed by atoms with van der Waals surface area (Å²) in [6, 6.07) is 8.20. The fraction of sp³-hybridized carbons (Fsp3) is 0.333. The monoisotopic (exact) mass is 308 g/mol. The molecule has 0 bridgehead atoms. The summed E-state index contributed by atoms with van der Waals surface area (Å²) in [5.74, 6) is 0.478. The van der Waals surface area contributed by atoms with Crippen LogP contribution in [0.25, 0.3) is 11.3 Å². The predicted octanol–water partition coefficient (Wildman–Crippen LogP) is 2.76. The van der Waals surface area contributed by atoms with E-state index in [2.05, 4.69) is 14.9 Å². The number of rotatable bonds is 3. The first-order chi connectivity index (χ1) is 9.76. The number of aromatic nitrogens is 2. The molecule has 1 aromatic carbocycles. The first-order valence-electron chi connectivity index (χ1n) is 6.85. The summed E-state index contributed by atoms with van der Waals surface area (Å²) in [6.45, 7) is 2.34. The Bertz CT molecular complexity index is 597. The van der Waals surface area contributed by atoms with Gasteiger partial charge in [0.1, 0.15) is 5.82 Å². The van der Waals surface area contributed by atoms with Crippen LogP contribution in [0.15, 0.2) is 30.3 Å². The minimum Gasteiger partial charge on any atom is -0.341 e. The molecule has 2 heterocycles. The molecule has 0 unspecified atom stereocenters. The maximum atomic E-state index is 13.0. The molecule has 1 aliphatic rings. The molecule has 0 aliphatic carbocycles. The summed E-state index contributed by atoms with van der Waals surface area (Å²) >= 11 is 0. The van der Waals surface area contributed by atoms with E-state index in [0.717, 1.165) is 36.0 Å². The van der Waals surface area contributed by atoms with Gasteiger partial charge < -0.3 is 10.6 Å². The number of anilines is 1. The molecule has 0 saturated carbocycles. The van der Waals surface area contributed by atoms with Crippen LogP contribution in [0.3, 0.4) is 0 Å². The molecule has 2 N–H and O–H groups in total. The standard InChI is InChI=1S/C15H17FN4.ClH/c16-12-5-3-11(4-6-12)14-9-13(10-17)18-15(19-14)20-7-1-2-8-20;/h3-6,9H,1-2,7-8,10,17H2;1H. The topological polar surface area (TPSA) is 55.0 Å². The molecule has 0 spiro atoms. The van der Waals surface area contributed by atoms with Crippen LogP contribution in [-0.2, 0) is 6.54 Å². The van der Waals surface area contributed by atoms with Gasteiger partial charge in [-0.1, -0.05) is 0 Å². The molecular weight excluding hydrogens is 291 g/mol. The van der Waals surface area contributed by atoms with Crippen LogP contribution in [-0.4, -0.2) is 23.1 Å². The summed E-state index contributed by atoms with van der Waals surface area (Å²) in [4.78, 5) is 11.3. The zero-order valence-electron chi connectivity index (χ0n) is 11.6. The fourth-order valence-corrected chi connectivity index (χ4v) is 2.42. The summed E-state index contributed by atoms with van der Waals surface area (Å²) in [7, 11) is 0. The van der Waals surface area contributed by atoms with Crippen LogP contribution in [0.2, 0.25) is 0 Å². The average molecular weight is 309 g/mol. The zero-order valence-corrected chi connectivity index (χ0v) is 12.4. The Kier molecular flexibility index (Phi) is 5.09. The molecule has 1 fully saturated rings. The minimum absolute atomic E-state index is 0. The highest BCUT2D eigenvalue weighted by atomic mass is 35.5. The number of nitrogens with zero attached hydrogens (tertiary/aromatic N) is 3. The van der Waals surface area contributed by atoms with Gasteiger partial charge in [0.2, 0.25) is 5.95 Å². The van der Waals surface area contributed by atoms with Gasteiger partial charge in [-0.25, -0.2) is 14.4 Å². The summed E-state index contributed by atoms with van der Waals surface area (Å²) in [6.07, 6.45) is 2.34. The van der Waals surface area contributed by atoms with Crippen molar-refractivity contribution in [1.82, 2.24) is 9.97 Å². The van der Waals surface area contributed by atoms with Crippen molar-refractivity contribution in [3.8, 4) is 11.3 Å². The molecule has 112 valence electrons. The third kappa shape index (κ3) is 3.49. The second-order valence-electron chi connectivity index (χ2n) is 4.95. The molecular formula is C15H18ClFN4. The van der Waals surface area contributed by atoms with E-state index in [0.29, 0.717) is 6.54 Å². The number of benzene rings is 1. The van der Waals surface area contributed by atoms with Gasteiger partial charge in [0.15, 0.2) is 0 Å². The van der Waals surface area contributed by atoms with Crippen LogP contribution in [0.1, 0.15) is 18.5 Å². The summed E-state index contributed by atoms with van der Waals surface area (Å²) in [5.41, 5.74) is 8.20. The van der Waals surface area contributed by atoms with Crippen molar-refractivity contribution in [3.05, 3.63) is 41.8 Å². The number of nitrogens with two attached hydrogens (primary N) is 1. The van der Waals surface area contributed by atoms with Gasteiger partial charge in [-0.2, -0.15) is 0 Å². The molecule has 1 aliphatic heterocycles. The molecule has 3 rings (SSSR count). The normalized spacial score (nSPS) is 14.1. The highest BCUT2D eigenvalue weighted by Crippen LogP contribution is 2.23. The van der Waals surface area contributed by atoms with Gasteiger partial charge in [-0.05, 0) is 43.2 Å². The quantitative estimate of drug-likeness (QED) is 0.947. The summed E-state index contributed by atoms with van der Waals surface area (Å²) in [5, 5.41) is 0. The van der Waals surface area contributed by atoms with E-state index in [9.17, 15) is 4.39 Å². The average Bonchev–Trinajstić information content (AvgIpc) is 3.02. The Morgan fingerprint density at radius 3 is 2.38 bits per heavy atom. The Morgan fingerprint density at radius 1 is 1.10 bits per heavy atom. The molecule has 1 aromatic heterocycles. The van der Waals surface area contributed by atoms with Crippen LogP contribution in [0.5, 0.6) is 0 Å². The van der Waals surface area contributed by atoms with Gasteiger partial charge in [-0.3, -0.25) is 0 Å². The van der Waals surface area contributed by atoms with E-state index in [4.69, 9.17) is 5.73 Å². The second kappa shape index (κ2) is 6.83. The summed E-state index contributed by atoms with van der Waals surface area (Å²) < 4.78 is 13.0. The Morgan fingerprint density at radius 2 is 1.76 bits per heavy atom. The van der Waals surface area contributed by atoms with Crippen LogP contribution < -0.4 is 10.6 Å². The van der Waals surface area contributed by atoms with Crippen molar-refractivity contribution in [3.63, 3.8) is 0 Å². The van der Waals surface area contributed by atoms with Gasteiger partial charge in [0.05, 0.1) is 11.4 Å². The van der Waals surface area contributed by atoms with Gasteiger partial charge in [0.25, 0.3) is 0 Å². The molecule has 0 amide bonds. The van der Waals surface area contributed by atoms with Crippen LogP contribution in [0, 0.1) is 5.82 Å². The van der Waals surface area contributed by atoms with Gasteiger partial charge >= 0.3 is 0 Å². The van der Waals surface area contributed by atoms with Crippen molar-refractivity contribution in [1.29, 1.82) is 0 Å². The van der Waals surface area contributed by atoms with E-state index in [1.54, 1.807) is 12.1 Å². The highest BCUT2D eigenvalue weighted by Gasteiger charge is 2.16. The van der Waals surface area contributed by atoms with E-state index in [-0.39, 0.29) is 18.2 Å². The third-order valence-electron chi connectivity index (χ3n) is 3.51. The van der Waals surface area contributed by atoms with Gasteiger partial charge in [0, 0.05) is 25.2 Å². The van der Waals surface area contributed by atoms with E-state index < -0.39 is 0 Å². The molecule has 0 atom stereocenters. The lowest BCUT2D eigenvalue weighted by Gasteiger charge is -2.17. The first-order valence-corrected chi connectivity index (χ1v) is 6.85. The van der Waals surface area contributed by atoms with Gasteiger partial charge in [-0.15, -0.1) is 12.4 Å². The number of halogens is 2. The second-order valence-corrected chi connectivity index (χ2v) is 4.95. The molecule has 21 heavy (non-hydrogen) atoms. The molecule has 4 nitrogen and oxygen atoms in total. The molecule has 1 saturated heterocycles. The molecule has 0 radical (unpaired) electrons. The Balaban J connectivity index is 0.00000161. The van der Waals surface area contributed by atoms with Crippen LogP contribution >= 0.6 is 12.4 Å². The predicted molar refractivity (Wildman–Crippen MR) is 84.0 cm³/mol. The smallest absolute Gasteiger partial charge is 0.226 e. The Labute approximate surface area is 129 Å². The van der Waals surface area contributed by atoms with E-state index in [1.165, 1.54) is 25.0 Å². The van der Waals surface area contributed by atoms with Crippen LogP contribution in [0.4, 0.5) is 10.3 Å². The van der Waals surface area contributed by atoms with Crippen molar-refractivity contribution in [2.45, 2.75) is 19.4 Å². The molecule has 2 aromatic rings.